The van der Waals surface area contributed by atoms with Crippen LogP contribution in [0.5, 0.6) is 0 Å². The third-order valence-corrected chi connectivity index (χ3v) is 3.48. The van der Waals surface area contributed by atoms with Gasteiger partial charge in [-0.25, -0.2) is 4.98 Å². The molecule has 0 aliphatic heterocycles. The van der Waals surface area contributed by atoms with Gasteiger partial charge in [0.05, 0.1) is 6.33 Å². The second-order valence-electron chi connectivity index (χ2n) is 5.43. The van der Waals surface area contributed by atoms with Gasteiger partial charge in [-0.1, -0.05) is 6.07 Å². The molecule has 0 spiro atoms. The third kappa shape index (κ3) is 5.85. The maximum Gasteiger partial charge on any atom is 0.251 e. The van der Waals surface area contributed by atoms with Crippen molar-refractivity contribution in [3.8, 4) is 0 Å². The highest BCUT2D eigenvalue weighted by Crippen LogP contribution is 2.11. The summed E-state index contributed by atoms with van der Waals surface area (Å²) >= 11 is 0. The largest absolute Gasteiger partial charge is 0.352 e. The zero-order valence-electron chi connectivity index (χ0n) is 13.6. The molecular weight excluding hydrogens is 306 g/mol. The van der Waals surface area contributed by atoms with Crippen LogP contribution in [0, 0.1) is 0 Å². The van der Waals surface area contributed by atoms with Gasteiger partial charge in [-0.3, -0.25) is 9.59 Å². The second-order valence-corrected chi connectivity index (χ2v) is 5.43. The van der Waals surface area contributed by atoms with Crippen molar-refractivity contribution in [1.29, 1.82) is 0 Å². The Hall–Kier alpha value is -2.67. The molecule has 0 unspecified atom stereocenters. The van der Waals surface area contributed by atoms with Gasteiger partial charge >= 0.3 is 0 Å². The number of aryl methyl sites for hydroxylation is 1. The monoisotopic (exact) mass is 329 g/mol. The molecule has 0 saturated carbocycles. The van der Waals surface area contributed by atoms with E-state index in [1.165, 1.54) is 0 Å². The van der Waals surface area contributed by atoms with Crippen LogP contribution in [0.1, 0.15) is 29.6 Å². The van der Waals surface area contributed by atoms with Gasteiger partial charge in [-0.05, 0) is 37.6 Å². The van der Waals surface area contributed by atoms with E-state index in [2.05, 4.69) is 15.6 Å². The third-order valence-electron chi connectivity index (χ3n) is 3.48. The van der Waals surface area contributed by atoms with Gasteiger partial charge < -0.3 is 20.9 Å². The van der Waals surface area contributed by atoms with Crippen molar-refractivity contribution >= 4 is 17.5 Å². The smallest absolute Gasteiger partial charge is 0.251 e. The van der Waals surface area contributed by atoms with Crippen LogP contribution in [0.15, 0.2) is 43.0 Å². The second kappa shape index (κ2) is 9.46. The van der Waals surface area contributed by atoms with Gasteiger partial charge in [0.2, 0.25) is 5.91 Å². The Morgan fingerprint density at radius 1 is 1.25 bits per heavy atom. The van der Waals surface area contributed by atoms with E-state index in [9.17, 15) is 9.59 Å². The fourth-order valence-corrected chi connectivity index (χ4v) is 2.18. The lowest BCUT2D eigenvalue weighted by atomic mass is 10.2. The van der Waals surface area contributed by atoms with Crippen molar-refractivity contribution in [3.05, 3.63) is 48.5 Å². The maximum absolute atomic E-state index is 12.1. The SMILES string of the molecule is NCCCCNC(=O)c1cccc(NC(=O)CCn2ccnc2)c1. The summed E-state index contributed by atoms with van der Waals surface area (Å²) in [6.07, 6.45) is 7.23. The van der Waals surface area contributed by atoms with E-state index in [0.29, 0.717) is 37.3 Å². The lowest BCUT2D eigenvalue weighted by Crippen LogP contribution is -2.25. The number of imidazole rings is 1. The molecule has 0 saturated heterocycles. The van der Waals surface area contributed by atoms with Crippen LogP contribution in [-0.4, -0.2) is 34.5 Å². The molecule has 4 N–H and O–H groups in total. The number of rotatable bonds is 9. The number of hydrogen-bond acceptors (Lipinski definition) is 4. The first-order valence-electron chi connectivity index (χ1n) is 8.03. The van der Waals surface area contributed by atoms with E-state index in [1.807, 2.05) is 10.8 Å². The normalized spacial score (nSPS) is 10.4. The summed E-state index contributed by atoms with van der Waals surface area (Å²) in [5.41, 5.74) is 6.56. The number of aromatic nitrogens is 2. The van der Waals surface area contributed by atoms with E-state index in [-0.39, 0.29) is 11.8 Å². The molecule has 0 atom stereocenters. The standard InChI is InChI=1S/C17H23N5O2/c18-7-1-2-8-20-17(24)14-4-3-5-15(12-14)21-16(23)6-10-22-11-9-19-13-22/h3-5,9,11-13H,1-2,6-8,10,18H2,(H,20,24)(H,21,23). The van der Waals surface area contributed by atoms with Crippen LogP contribution < -0.4 is 16.4 Å². The quantitative estimate of drug-likeness (QED) is 0.605. The van der Waals surface area contributed by atoms with Crippen molar-refractivity contribution in [2.45, 2.75) is 25.8 Å². The Bertz CT molecular complexity index is 655. The first-order valence-corrected chi connectivity index (χ1v) is 8.03. The molecule has 2 aromatic rings. The highest BCUT2D eigenvalue weighted by atomic mass is 16.2. The molecule has 0 bridgehead atoms. The molecule has 0 aliphatic carbocycles. The molecule has 0 aliphatic rings. The number of nitrogens with one attached hydrogen (secondary N) is 2. The Morgan fingerprint density at radius 2 is 2.12 bits per heavy atom. The Labute approximate surface area is 141 Å². The highest BCUT2D eigenvalue weighted by molar-refractivity contribution is 5.97. The molecule has 1 aromatic heterocycles. The molecule has 2 amide bonds. The number of unbranched alkanes of at least 4 members (excludes halogenated alkanes) is 1. The number of benzene rings is 1. The number of anilines is 1. The first-order chi connectivity index (χ1) is 11.7. The molecule has 1 heterocycles. The summed E-state index contributed by atoms with van der Waals surface area (Å²) in [7, 11) is 0. The first kappa shape index (κ1) is 17.7. The average Bonchev–Trinajstić information content (AvgIpc) is 3.10. The van der Waals surface area contributed by atoms with Crippen molar-refractivity contribution in [1.82, 2.24) is 14.9 Å². The van der Waals surface area contributed by atoms with E-state index in [1.54, 1.807) is 36.8 Å². The zero-order chi connectivity index (χ0) is 17.2. The molecule has 0 radical (unpaired) electrons. The molecule has 7 nitrogen and oxygen atoms in total. The van der Waals surface area contributed by atoms with Gasteiger partial charge in [-0.2, -0.15) is 0 Å². The Kier molecular flexibility index (Phi) is 6.97. The maximum atomic E-state index is 12.1. The zero-order valence-corrected chi connectivity index (χ0v) is 13.6. The molecular formula is C17H23N5O2. The fourth-order valence-electron chi connectivity index (χ4n) is 2.18. The average molecular weight is 329 g/mol. The number of hydrogen-bond donors (Lipinski definition) is 3. The predicted octanol–water partition coefficient (Wildman–Crippen LogP) is 1.38. The number of nitrogens with two attached hydrogens (primary N) is 1. The molecule has 0 fully saturated rings. The molecule has 7 heteroatoms. The molecule has 128 valence electrons. The summed E-state index contributed by atoms with van der Waals surface area (Å²) < 4.78 is 1.84. The molecule has 2 rings (SSSR count). The summed E-state index contributed by atoms with van der Waals surface area (Å²) in [5, 5.41) is 5.65. The van der Waals surface area contributed by atoms with Crippen LogP contribution in [0.2, 0.25) is 0 Å². The minimum Gasteiger partial charge on any atom is -0.352 e. The van der Waals surface area contributed by atoms with E-state index in [4.69, 9.17) is 5.73 Å². The van der Waals surface area contributed by atoms with Crippen LogP contribution in [-0.2, 0) is 11.3 Å². The summed E-state index contributed by atoms with van der Waals surface area (Å²) in [5.74, 6) is -0.259. The van der Waals surface area contributed by atoms with Gasteiger partial charge in [0.25, 0.3) is 5.91 Å². The topological polar surface area (TPSA) is 102 Å². The van der Waals surface area contributed by atoms with Crippen molar-refractivity contribution in [2.75, 3.05) is 18.4 Å². The van der Waals surface area contributed by atoms with Crippen LogP contribution in [0.25, 0.3) is 0 Å². The highest BCUT2D eigenvalue weighted by Gasteiger charge is 2.07. The molecule has 24 heavy (non-hydrogen) atoms. The Morgan fingerprint density at radius 3 is 2.88 bits per heavy atom. The summed E-state index contributed by atoms with van der Waals surface area (Å²) in [6, 6.07) is 6.91. The van der Waals surface area contributed by atoms with E-state index >= 15 is 0 Å². The van der Waals surface area contributed by atoms with Crippen molar-refractivity contribution in [2.24, 2.45) is 5.73 Å². The number of carbonyl (C=O) groups is 2. The summed E-state index contributed by atoms with van der Waals surface area (Å²) in [6.45, 7) is 1.78. The number of amides is 2. The van der Waals surface area contributed by atoms with Crippen LogP contribution >= 0.6 is 0 Å². The van der Waals surface area contributed by atoms with E-state index in [0.717, 1.165) is 12.8 Å². The lowest BCUT2D eigenvalue weighted by molar-refractivity contribution is -0.116. The van der Waals surface area contributed by atoms with Crippen molar-refractivity contribution < 1.29 is 9.59 Å². The minimum atomic E-state index is -0.151. The predicted molar refractivity (Wildman–Crippen MR) is 92.5 cm³/mol. The minimum absolute atomic E-state index is 0.107. The van der Waals surface area contributed by atoms with Gasteiger partial charge in [0, 0.05) is 43.2 Å². The Balaban J connectivity index is 1.82. The van der Waals surface area contributed by atoms with Gasteiger partial charge in [0.1, 0.15) is 0 Å². The van der Waals surface area contributed by atoms with E-state index < -0.39 is 0 Å². The molecule has 1 aromatic carbocycles. The van der Waals surface area contributed by atoms with Crippen LogP contribution in [0.3, 0.4) is 0 Å². The fraction of sp³-hybridized carbons (Fsp3) is 0.353. The van der Waals surface area contributed by atoms with Crippen molar-refractivity contribution in [3.63, 3.8) is 0 Å². The number of carbonyl (C=O) groups excluding carboxylic acids is 2. The lowest BCUT2D eigenvalue weighted by Gasteiger charge is -2.08. The number of nitrogens with zero attached hydrogens (tertiary/aromatic N) is 2. The van der Waals surface area contributed by atoms with Gasteiger partial charge in [0.15, 0.2) is 0 Å². The van der Waals surface area contributed by atoms with Crippen LogP contribution in [0.4, 0.5) is 5.69 Å². The summed E-state index contributed by atoms with van der Waals surface area (Å²) in [4.78, 5) is 28.0. The van der Waals surface area contributed by atoms with Gasteiger partial charge in [-0.15, -0.1) is 0 Å².